The number of benzene rings is 1. The molecule has 3 aromatic rings. The predicted octanol–water partition coefficient (Wildman–Crippen LogP) is 4.20. The van der Waals surface area contributed by atoms with Crippen LogP contribution in [0.5, 0.6) is 0 Å². The molecule has 1 aliphatic rings. The highest BCUT2D eigenvalue weighted by molar-refractivity contribution is 5.96. The van der Waals surface area contributed by atoms with Crippen LogP contribution >= 0.6 is 0 Å². The Kier molecular flexibility index (Phi) is 8.56. The second kappa shape index (κ2) is 11.6. The highest BCUT2D eigenvalue weighted by atomic mass is 16.4. The lowest BCUT2D eigenvalue weighted by Gasteiger charge is -2.03. The van der Waals surface area contributed by atoms with E-state index in [1.807, 2.05) is 48.8 Å². The molecule has 0 bridgehead atoms. The van der Waals surface area contributed by atoms with Crippen LogP contribution in [0.1, 0.15) is 36.8 Å². The summed E-state index contributed by atoms with van der Waals surface area (Å²) in [4.78, 5) is 31.9. The molecule has 0 unspecified atom stereocenters. The van der Waals surface area contributed by atoms with Crippen LogP contribution in [-0.4, -0.2) is 37.6 Å². The molecule has 8 nitrogen and oxygen atoms in total. The number of carboxylic acid groups (broad SMARTS) is 3. The average Bonchev–Trinajstić information content (AvgIpc) is 2.97. The van der Waals surface area contributed by atoms with Crippen molar-refractivity contribution in [3.05, 3.63) is 114 Å². The summed E-state index contributed by atoms with van der Waals surface area (Å²) in [5.41, 5.74) is 1.53. The van der Waals surface area contributed by atoms with Gasteiger partial charge < -0.3 is 25.0 Å². The molecule has 32 heavy (non-hydrogen) atoms. The second-order valence-corrected chi connectivity index (χ2v) is 6.38. The Balaban J connectivity index is 0.000000178. The van der Waals surface area contributed by atoms with Gasteiger partial charge in [0.25, 0.3) is 0 Å². The highest BCUT2D eigenvalue weighted by Gasteiger charge is 2.13. The van der Waals surface area contributed by atoms with Gasteiger partial charge >= 0.3 is 17.9 Å². The Bertz CT molecular complexity index is 1160. The summed E-state index contributed by atoms with van der Waals surface area (Å²) in [5.74, 6) is -3.12. The van der Waals surface area contributed by atoms with Gasteiger partial charge in [0, 0.05) is 24.1 Å². The van der Waals surface area contributed by atoms with E-state index in [1.54, 1.807) is 28.8 Å². The average molecular weight is 434 g/mol. The second-order valence-electron chi connectivity index (χ2n) is 6.38. The maximum Gasteiger partial charge on any atom is 0.352 e. The van der Waals surface area contributed by atoms with E-state index in [-0.39, 0.29) is 16.7 Å². The molecule has 0 saturated heterocycles. The van der Waals surface area contributed by atoms with Crippen LogP contribution in [-0.2, 0) is 0 Å². The first kappa shape index (κ1) is 23.7. The maximum atomic E-state index is 10.7. The van der Waals surface area contributed by atoms with E-state index in [4.69, 9.17) is 15.3 Å². The molecule has 0 saturated carbocycles. The van der Waals surface area contributed by atoms with Crippen molar-refractivity contribution >= 4 is 23.4 Å². The summed E-state index contributed by atoms with van der Waals surface area (Å²) in [6.07, 6.45) is 13.3. The number of pyridine rings is 1. The Morgan fingerprint density at radius 2 is 1.31 bits per heavy atom. The van der Waals surface area contributed by atoms with Crippen LogP contribution in [0.4, 0.5) is 0 Å². The minimum Gasteiger partial charge on any atom is -0.478 e. The fourth-order valence-electron chi connectivity index (χ4n) is 2.74. The summed E-state index contributed by atoms with van der Waals surface area (Å²) in [5, 5.41) is 29.0. The molecule has 0 spiro atoms. The minimum absolute atomic E-state index is 0.0277. The summed E-state index contributed by atoms with van der Waals surface area (Å²) in [6.45, 7) is 1.48. The molecule has 1 aliphatic heterocycles. The lowest BCUT2D eigenvalue weighted by atomic mass is 10.0. The molecule has 3 heterocycles. The number of hydrogen-bond acceptors (Lipinski definition) is 4. The smallest absolute Gasteiger partial charge is 0.352 e. The number of hydrogen-bond donors (Lipinski definition) is 4. The van der Waals surface area contributed by atoms with Crippen LogP contribution in [0.15, 0.2) is 91.4 Å². The molecule has 164 valence electrons. The Labute approximate surface area is 184 Å². The number of rotatable bonds is 3. The molecule has 0 aliphatic carbocycles. The van der Waals surface area contributed by atoms with E-state index < -0.39 is 17.9 Å². The van der Waals surface area contributed by atoms with E-state index in [1.165, 1.54) is 25.1 Å². The van der Waals surface area contributed by atoms with Gasteiger partial charge in [-0.15, -0.1) is 0 Å². The number of allylic oxidation sites excluding steroid dienone is 4. The number of carbonyl (C=O) groups is 3. The van der Waals surface area contributed by atoms with Crippen LogP contribution in [0.3, 0.4) is 0 Å². The van der Waals surface area contributed by atoms with Gasteiger partial charge in [0.05, 0.1) is 11.1 Å². The molecular formula is C24H22N2O6. The van der Waals surface area contributed by atoms with E-state index in [0.717, 1.165) is 5.52 Å². The molecule has 2 aromatic heterocycles. The van der Waals surface area contributed by atoms with Gasteiger partial charge in [-0.1, -0.05) is 24.3 Å². The first-order chi connectivity index (χ1) is 15.3. The quantitative estimate of drug-likeness (QED) is 0.486. The number of nitrogens with zero attached hydrogens (tertiary/aromatic N) is 1. The molecular weight excluding hydrogens is 412 g/mol. The van der Waals surface area contributed by atoms with Gasteiger partial charge in [0.1, 0.15) is 5.69 Å². The molecule has 0 atom stereocenters. The van der Waals surface area contributed by atoms with Crippen molar-refractivity contribution in [1.29, 1.82) is 0 Å². The number of nitrogens with one attached hydrogen (secondary N) is 1. The fraction of sp³-hybridized carbons (Fsp3) is 0.0417. The third-order valence-electron chi connectivity index (χ3n) is 4.29. The largest absolute Gasteiger partial charge is 0.478 e. The van der Waals surface area contributed by atoms with E-state index in [2.05, 4.69) is 5.32 Å². The van der Waals surface area contributed by atoms with E-state index >= 15 is 0 Å². The molecule has 4 N–H and O–H groups in total. The molecule has 0 fully saturated rings. The molecule has 0 amide bonds. The SMILES string of the molecule is C1=CC=CNC=C1.Cc1c(C(=O)O)cccc1C(=O)O.O=C(O)c1ccc2ccccn12. The number of fused-ring (bicyclic) bond motifs is 1. The normalized spacial score (nSPS) is 11.3. The van der Waals surface area contributed by atoms with Crippen LogP contribution in [0.25, 0.3) is 5.52 Å². The zero-order chi connectivity index (χ0) is 23.5. The van der Waals surface area contributed by atoms with Gasteiger partial charge in [-0.05, 0) is 61.0 Å². The lowest BCUT2D eigenvalue weighted by Crippen LogP contribution is -2.06. The van der Waals surface area contributed by atoms with Crippen molar-refractivity contribution in [2.75, 3.05) is 0 Å². The van der Waals surface area contributed by atoms with Gasteiger partial charge in [0.2, 0.25) is 0 Å². The van der Waals surface area contributed by atoms with Crippen molar-refractivity contribution in [3.8, 4) is 0 Å². The highest BCUT2D eigenvalue weighted by Crippen LogP contribution is 2.13. The van der Waals surface area contributed by atoms with Gasteiger partial charge in [-0.3, -0.25) is 0 Å². The Morgan fingerprint density at radius 1 is 0.719 bits per heavy atom. The van der Waals surface area contributed by atoms with Gasteiger partial charge in [-0.25, -0.2) is 14.4 Å². The van der Waals surface area contributed by atoms with E-state index in [0.29, 0.717) is 5.69 Å². The van der Waals surface area contributed by atoms with Crippen molar-refractivity contribution in [1.82, 2.24) is 9.72 Å². The first-order valence-corrected chi connectivity index (χ1v) is 9.43. The van der Waals surface area contributed by atoms with Crippen LogP contribution in [0, 0.1) is 6.92 Å². The van der Waals surface area contributed by atoms with Crippen LogP contribution in [0.2, 0.25) is 0 Å². The topological polar surface area (TPSA) is 128 Å². The first-order valence-electron chi connectivity index (χ1n) is 9.43. The zero-order valence-corrected chi connectivity index (χ0v) is 17.2. The number of carboxylic acids is 3. The Hall–Kier alpha value is -4.59. The maximum absolute atomic E-state index is 10.7. The van der Waals surface area contributed by atoms with Crippen molar-refractivity contribution < 1.29 is 29.7 Å². The van der Waals surface area contributed by atoms with Gasteiger partial charge in [-0.2, -0.15) is 0 Å². The zero-order valence-electron chi connectivity index (χ0n) is 17.2. The van der Waals surface area contributed by atoms with E-state index in [9.17, 15) is 14.4 Å². The lowest BCUT2D eigenvalue weighted by molar-refractivity contribution is 0.0677. The van der Waals surface area contributed by atoms with Crippen molar-refractivity contribution in [2.45, 2.75) is 6.92 Å². The molecule has 0 radical (unpaired) electrons. The third-order valence-corrected chi connectivity index (χ3v) is 4.29. The van der Waals surface area contributed by atoms with Crippen molar-refractivity contribution in [2.24, 2.45) is 0 Å². The number of aromatic carboxylic acids is 3. The van der Waals surface area contributed by atoms with Crippen LogP contribution < -0.4 is 5.32 Å². The standard InChI is InChI=1S/C9H7NO2.C9H8O4.C6H7N/c11-9(12)8-5-4-7-3-1-2-6-10(7)8;1-5-6(8(10)11)3-2-4-7(5)9(12)13;1-2-4-6-7-5-3-1/h1-6H,(H,11,12);2-4H,1H3,(H,10,11)(H,12,13);1-7H. The summed E-state index contributed by atoms with van der Waals surface area (Å²) >= 11 is 0. The van der Waals surface area contributed by atoms with Gasteiger partial charge in [0.15, 0.2) is 0 Å². The summed E-state index contributed by atoms with van der Waals surface area (Å²) in [6, 6.07) is 13.1. The predicted molar refractivity (Wildman–Crippen MR) is 120 cm³/mol. The monoisotopic (exact) mass is 434 g/mol. The molecule has 4 rings (SSSR count). The summed E-state index contributed by atoms with van der Waals surface area (Å²) in [7, 11) is 0. The Morgan fingerprint density at radius 3 is 1.84 bits per heavy atom. The molecule has 1 aromatic carbocycles. The van der Waals surface area contributed by atoms with Crippen molar-refractivity contribution in [3.63, 3.8) is 0 Å². The fourth-order valence-corrected chi connectivity index (χ4v) is 2.74. The minimum atomic E-state index is -1.11. The summed E-state index contributed by atoms with van der Waals surface area (Å²) < 4.78 is 1.64. The molecule has 8 heteroatoms. The number of aromatic nitrogens is 1. The third kappa shape index (κ3) is 6.46.